The minimum atomic E-state index is -1.00. The van der Waals surface area contributed by atoms with Crippen molar-refractivity contribution >= 4 is 17.3 Å². The van der Waals surface area contributed by atoms with E-state index in [9.17, 15) is 9.50 Å². The molecule has 3 rings (SSSR count). The lowest BCUT2D eigenvalue weighted by atomic mass is 10.00. The summed E-state index contributed by atoms with van der Waals surface area (Å²) in [5.41, 5.74) is 1.60. The minimum Gasteiger partial charge on any atom is -0.383 e. The number of halogens is 1. The van der Waals surface area contributed by atoms with Crippen LogP contribution in [0.5, 0.6) is 0 Å². The van der Waals surface area contributed by atoms with Gasteiger partial charge in [-0.05, 0) is 66.6 Å². The van der Waals surface area contributed by atoms with Crippen molar-refractivity contribution in [2.45, 2.75) is 25.9 Å². The van der Waals surface area contributed by atoms with E-state index < -0.39 is 5.60 Å². The van der Waals surface area contributed by atoms with Crippen LogP contribution in [0.25, 0.3) is 5.69 Å². The third-order valence-electron chi connectivity index (χ3n) is 4.44. The normalized spacial score (nSPS) is 13.9. The Morgan fingerprint density at radius 3 is 2.72 bits per heavy atom. The first-order valence-corrected chi connectivity index (χ1v) is 10.5. The predicted octanol–water partition coefficient (Wildman–Crippen LogP) is 3.08. The zero-order chi connectivity index (χ0) is 20.7. The highest BCUT2D eigenvalue weighted by Crippen LogP contribution is 2.23. The van der Waals surface area contributed by atoms with E-state index in [1.54, 1.807) is 35.1 Å². The molecule has 1 aromatic carbocycles. The first-order chi connectivity index (χ1) is 14.0. The van der Waals surface area contributed by atoms with Crippen LogP contribution in [0, 0.1) is 5.82 Å². The lowest BCUT2D eigenvalue weighted by Crippen LogP contribution is -2.39. The van der Waals surface area contributed by atoms with Gasteiger partial charge in [-0.1, -0.05) is 0 Å². The van der Waals surface area contributed by atoms with Crippen molar-refractivity contribution in [1.29, 1.82) is 0 Å². The number of hydrogen-bond donors (Lipinski definition) is 3. The van der Waals surface area contributed by atoms with Crippen LogP contribution >= 0.6 is 11.3 Å². The van der Waals surface area contributed by atoms with Gasteiger partial charge in [0.2, 0.25) is 0 Å². The molecule has 29 heavy (non-hydrogen) atoms. The highest BCUT2D eigenvalue weighted by atomic mass is 32.1. The van der Waals surface area contributed by atoms with Crippen molar-refractivity contribution in [3.63, 3.8) is 0 Å². The Morgan fingerprint density at radius 2 is 2.03 bits per heavy atom. The molecule has 0 aliphatic rings. The summed E-state index contributed by atoms with van der Waals surface area (Å²) in [7, 11) is 0. The fourth-order valence-electron chi connectivity index (χ4n) is 2.78. The van der Waals surface area contributed by atoms with E-state index in [0.717, 1.165) is 23.5 Å². The molecule has 1 unspecified atom stereocenters. The molecule has 0 saturated heterocycles. The van der Waals surface area contributed by atoms with Gasteiger partial charge in [-0.2, -0.15) is 16.4 Å². The Labute approximate surface area is 174 Å². The van der Waals surface area contributed by atoms with Crippen LogP contribution in [0.1, 0.15) is 25.1 Å². The fourth-order valence-corrected chi connectivity index (χ4v) is 3.56. The Morgan fingerprint density at radius 1 is 1.24 bits per heavy atom. The highest BCUT2D eigenvalue weighted by molar-refractivity contribution is 7.08. The second-order valence-corrected chi connectivity index (χ2v) is 7.67. The molecule has 0 aliphatic carbocycles. The molecular weight excluding hydrogens is 389 g/mol. The Hall–Kier alpha value is -2.71. The molecule has 3 aromatic rings. The van der Waals surface area contributed by atoms with Crippen LogP contribution < -0.4 is 10.6 Å². The summed E-state index contributed by atoms with van der Waals surface area (Å²) >= 11 is 1.56. The predicted molar refractivity (Wildman–Crippen MR) is 115 cm³/mol. The molecule has 0 saturated carbocycles. The average molecular weight is 416 g/mol. The van der Waals surface area contributed by atoms with Crippen molar-refractivity contribution in [3.05, 3.63) is 70.4 Å². The van der Waals surface area contributed by atoms with Crippen LogP contribution in [0.2, 0.25) is 0 Å². The zero-order valence-electron chi connectivity index (χ0n) is 16.6. The largest absolute Gasteiger partial charge is 0.383 e. The van der Waals surface area contributed by atoms with Crippen molar-refractivity contribution in [2.75, 3.05) is 19.6 Å². The van der Waals surface area contributed by atoms with Gasteiger partial charge in [-0.15, -0.1) is 0 Å². The van der Waals surface area contributed by atoms with Gasteiger partial charge in [0, 0.05) is 25.7 Å². The SMILES string of the molecule is CCNC(=NCC(C)(O)c1ccsc1)NCCc1ccn(-c2ccc(F)cc2)n1. The van der Waals surface area contributed by atoms with E-state index in [4.69, 9.17) is 0 Å². The Kier molecular flexibility index (Phi) is 7.00. The van der Waals surface area contributed by atoms with E-state index in [1.807, 2.05) is 36.0 Å². The number of nitrogens with zero attached hydrogens (tertiary/aromatic N) is 3. The van der Waals surface area contributed by atoms with Gasteiger partial charge in [0.15, 0.2) is 5.96 Å². The fraction of sp³-hybridized carbons (Fsp3) is 0.333. The lowest BCUT2D eigenvalue weighted by molar-refractivity contribution is 0.0677. The molecule has 8 heteroatoms. The summed E-state index contributed by atoms with van der Waals surface area (Å²) < 4.78 is 14.8. The second kappa shape index (κ2) is 9.67. The number of hydrogen-bond acceptors (Lipinski definition) is 4. The molecular formula is C21H26FN5OS. The quantitative estimate of drug-likeness (QED) is 0.390. The van der Waals surface area contributed by atoms with Crippen molar-refractivity contribution in [3.8, 4) is 5.69 Å². The Bertz CT molecular complexity index is 919. The summed E-state index contributed by atoms with van der Waals surface area (Å²) in [6.45, 7) is 5.40. The van der Waals surface area contributed by atoms with Gasteiger partial charge in [0.25, 0.3) is 0 Å². The van der Waals surface area contributed by atoms with Gasteiger partial charge < -0.3 is 15.7 Å². The van der Waals surface area contributed by atoms with Crippen LogP contribution in [0.3, 0.4) is 0 Å². The van der Waals surface area contributed by atoms with Crippen LogP contribution in [0.4, 0.5) is 4.39 Å². The summed E-state index contributed by atoms with van der Waals surface area (Å²) in [5.74, 6) is 0.388. The molecule has 0 aliphatic heterocycles. The zero-order valence-corrected chi connectivity index (χ0v) is 17.4. The smallest absolute Gasteiger partial charge is 0.191 e. The molecule has 0 bridgehead atoms. The molecule has 2 heterocycles. The standard InChI is InChI=1S/C21H26FN5OS/c1-3-23-20(25-15-21(2,28)16-10-13-29-14-16)24-11-8-18-9-12-27(26-18)19-6-4-17(22)5-7-19/h4-7,9-10,12-14,28H,3,8,11,15H2,1-2H3,(H2,23,24,25). The van der Waals surface area contributed by atoms with Crippen LogP contribution in [0.15, 0.2) is 58.3 Å². The van der Waals surface area contributed by atoms with Gasteiger partial charge in [0.05, 0.1) is 17.9 Å². The van der Waals surface area contributed by atoms with Crippen molar-refractivity contribution < 1.29 is 9.50 Å². The van der Waals surface area contributed by atoms with Crippen LogP contribution in [-0.4, -0.2) is 40.5 Å². The van der Waals surface area contributed by atoms with Crippen molar-refractivity contribution in [1.82, 2.24) is 20.4 Å². The second-order valence-electron chi connectivity index (χ2n) is 6.89. The Balaban J connectivity index is 1.55. The molecule has 2 aromatic heterocycles. The first-order valence-electron chi connectivity index (χ1n) is 9.55. The number of aliphatic imine (C=N–C) groups is 1. The number of benzene rings is 1. The van der Waals surface area contributed by atoms with E-state index in [1.165, 1.54) is 12.1 Å². The molecule has 0 amide bonds. The number of nitrogens with one attached hydrogen (secondary N) is 2. The molecule has 0 fully saturated rings. The summed E-state index contributed by atoms with van der Waals surface area (Å²) in [6, 6.07) is 10.1. The van der Waals surface area contributed by atoms with Gasteiger partial charge in [-0.25, -0.2) is 14.1 Å². The molecule has 154 valence electrons. The van der Waals surface area contributed by atoms with E-state index in [-0.39, 0.29) is 12.4 Å². The highest BCUT2D eigenvalue weighted by Gasteiger charge is 2.23. The molecule has 0 radical (unpaired) electrons. The maximum Gasteiger partial charge on any atom is 0.191 e. The average Bonchev–Trinajstić information content (AvgIpc) is 3.39. The maximum atomic E-state index is 13.1. The van der Waals surface area contributed by atoms with Gasteiger partial charge in [0.1, 0.15) is 11.4 Å². The minimum absolute atomic E-state index is 0.262. The number of guanidine groups is 1. The van der Waals surface area contributed by atoms with E-state index in [2.05, 4.69) is 20.7 Å². The molecule has 0 spiro atoms. The number of aliphatic hydroxyl groups is 1. The van der Waals surface area contributed by atoms with Gasteiger partial charge in [-0.3, -0.25) is 0 Å². The third-order valence-corrected chi connectivity index (χ3v) is 5.12. The number of rotatable bonds is 8. The summed E-state index contributed by atoms with van der Waals surface area (Å²) in [5, 5.41) is 25.5. The topological polar surface area (TPSA) is 74.5 Å². The van der Waals surface area contributed by atoms with E-state index >= 15 is 0 Å². The molecule has 6 nitrogen and oxygen atoms in total. The first kappa shape index (κ1) is 21.0. The van der Waals surface area contributed by atoms with Crippen LogP contribution in [-0.2, 0) is 12.0 Å². The van der Waals surface area contributed by atoms with E-state index in [0.29, 0.717) is 18.9 Å². The van der Waals surface area contributed by atoms with Crippen molar-refractivity contribution in [2.24, 2.45) is 4.99 Å². The molecule has 1 atom stereocenters. The lowest BCUT2D eigenvalue weighted by Gasteiger charge is -2.21. The maximum absolute atomic E-state index is 13.1. The molecule has 3 N–H and O–H groups in total. The number of thiophene rings is 1. The monoisotopic (exact) mass is 415 g/mol. The van der Waals surface area contributed by atoms with Gasteiger partial charge >= 0.3 is 0 Å². The summed E-state index contributed by atoms with van der Waals surface area (Å²) in [6.07, 6.45) is 2.57. The third kappa shape index (κ3) is 5.88. The summed E-state index contributed by atoms with van der Waals surface area (Å²) in [4.78, 5) is 4.52. The number of aromatic nitrogens is 2.